The molecule has 0 saturated heterocycles. The quantitative estimate of drug-likeness (QED) is 0.750. The van der Waals surface area contributed by atoms with Gasteiger partial charge in [-0.15, -0.1) is 0 Å². The highest BCUT2D eigenvalue weighted by molar-refractivity contribution is 7.80. The zero-order chi connectivity index (χ0) is 14.1. The molecule has 20 heavy (non-hydrogen) atoms. The van der Waals surface area contributed by atoms with Gasteiger partial charge in [-0.05, 0) is 25.1 Å². The van der Waals surface area contributed by atoms with Gasteiger partial charge in [0.15, 0.2) is 0 Å². The van der Waals surface area contributed by atoms with Gasteiger partial charge in [0.1, 0.15) is 16.5 Å². The first kappa shape index (κ1) is 12.7. The summed E-state index contributed by atoms with van der Waals surface area (Å²) in [5.41, 5.74) is 9.52. The molecule has 0 bridgehead atoms. The minimum Gasteiger partial charge on any atom is -0.388 e. The third kappa shape index (κ3) is 2.16. The van der Waals surface area contributed by atoms with Crippen molar-refractivity contribution in [2.45, 2.75) is 13.5 Å². The van der Waals surface area contributed by atoms with Crippen molar-refractivity contribution in [1.82, 2.24) is 14.5 Å². The molecule has 0 amide bonds. The van der Waals surface area contributed by atoms with Crippen molar-refractivity contribution in [1.29, 1.82) is 0 Å². The SMILES string of the molecule is Cc1nc2ccccc2n1Cc1cccnc1C(N)=S. The normalized spacial score (nSPS) is 10.8. The van der Waals surface area contributed by atoms with Crippen LogP contribution in [0, 0.1) is 6.92 Å². The van der Waals surface area contributed by atoms with Crippen molar-refractivity contribution in [3.8, 4) is 0 Å². The molecule has 3 rings (SSSR count). The molecular formula is C15H14N4S. The molecule has 2 heterocycles. The second-order valence-electron chi connectivity index (χ2n) is 4.61. The molecule has 0 unspecified atom stereocenters. The molecule has 100 valence electrons. The second kappa shape index (κ2) is 5.02. The molecule has 0 spiro atoms. The maximum absolute atomic E-state index is 5.74. The number of rotatable bonds is 3. The van der Waals surface area contributed by atoms with Gasteiger partial charge in [-0.3, -0.25) is 4.98 Å². The average molecular weight is 282 g/mol. The standard InChI is InChI=1S/C15H14N4S/c1-10-18-12-6-2-3-7-13(12)19(10)9-11-5-4-8-17-14(11)15(16)20/h2-8H,9H2,1H3,(H2,16,20). The first-order valence-electron chi connectivity index (χ1n) is 6.32. The lowest BCUT2D eigenvalue weighted by Gasteiger charge is -2.10. The van der Waals surface area contributed by atoms with Crippen molar-refractivity contribution in [3.05, 3.63) is 59.7 Å². The fourth-order valence-electron chi connectivity index (χ4n) is 2.35. The van der Waals surface area contributed by atoms with E-state index in [-0.39, 0.29) is 0 Å². The number of nitrogens with zero attached hydrogens (tertiary/aromatic N) is 3. The van der Waals surface area contributed by atoms with Crippen LogP contribution in [0.25, 0.3) is 11.0 Å². The molecule has 3 aromatic rings. The highest BCUT2D eigenvalue weighted by Gasteiger charge is 2.11. The average Bonchev–Trinajstić information content (AvgIpc) is 2.76. The van der Waals surface area contributed by atoms with E-state index < -0.39 is 0 Å². The van der Waals surface area contributed by atoms with Crippen molar-refractivity contribution >= 4 is 28.2 Å². The lowest BCUT2D eigenvalue weighted by molar-refractivity contribution is 0.781. The van der Waals surface area contributed by atoms with E-state index in [1.807, 2.05) is 37.3 Å². The van der Waals surface area contributed by atoms with Gasteiger partial charge in [0.05, 0.1) is 17.6 Å². The van der Waals surface area contributed by atoms with Crippen molar-refractivity contribution in [2.75, 3.05) is 0 Å². The summed E-state index contributed by atoms with van der Waals surface area (Å²) >= 11 is 5.06. The highest BCUT2D eigenvalue weighted by atomic mass is 32.1. The molecule has 1 aromatic carbocycles. The molecule has 0 aliphatic carbocycles. The van der Waals surface area contributed by atoms with Crippen molar-refractivity contribution < 1.29 is 0 Å². The maximum atomic E-state index is 5.74. The summed E-state index contributed by atoms with van der Waals surface area (Å²) in [6, 6.07) is 12.0. The Kier molecular flexibility index (Phi) is 3.20. The number of thiocarbonyl (C=S) groups is 1. The van der Waals surface area contributed by atoms with E-state index in [1.165, 1.54) is 0 Å². The number of aryl methyl sites for hydroxylation is 1. The van der Waals surface area contributed by atoms with E-state index in [0.29, 0.717) is 17.2 Å². The van der Waals surface area contributed by atoms with Gasteiger partial charge in [0, 0.05) is 11.8 Å². The minimum absolute atomic E-state index is 0.322. The highest BCUT2D eigenvalue weighted by Crippen LogP contribution is 2.18. The Morgan fingerprint density at radius 3 is 2.85 bits per heavy atom. The molecular weight excluding hydrogens is 268 g/mol. The van der Waals surface area contributed by atoms with E-state index in [0.717, 1.165) is 22.4 Å². The predicted octanol–water partition coefficient (Wildman–Crippen LogP) is 2.42. The van der Waals surface area contributed by atoms with Crippen LogP contribution in [-0.2, 0) is 6.54 Å². The molecule has 2 N–H and O–H groups in total. The Labute approximate surface area is 122 Å². The first-order valence-corrected chi connectivity index (χ1v) is 6.73. The van der Waals surface area contributed by atoms with E-state index in [2.05, 4.69) is 20.6 Å². The van der Waals surface area contributed by atoms with Gasteiger partial charge >= 0.3 is 0 Å². The molecule has 2 aromatic heterocycles. The van der Waals surface area contributed by atoms with Crippen LogP contribution in [-0.4, -0.2) is 19.5 Å². The topological polar surface area (TPSA) is 56.7 Å². The van der Waals surface area contributed by atoms with E-state index in [4.69, 9.17) is 18.0 Å². The molecule has 4 nitrogen and oxygen atoms in total. The largest absolute Gasteiger partial charge is 0.388 e. The predicted molar refractivity (Wildman–Crippen MR) is 83.7 cm³/mol. The minimum atomic E-state index is 0.322. The van der Waals surface area contributed by atoms with Crippen LogP contribution in [0.4, 0.5) is 0 Å². The maximum Gasteiger partial charge on any atom is 0.123 e. The van der Waals surface area contributed by atoms with Crippen LogP contribution >= 0.6 is 12.2 Å². The van der Waals surface area contributed by atoms with E-state index >= 15 is 0 Å². The van der Waals surface area contributed by atoms with Crippen LogP contribution < -0.4 is 5.73 Å². The van der Waals surface area contributed by atoms with Crippen LogP contribution in [0.2, 0.25) is 0 Å². The molecule has 0 radical (unpaired) electrons. The Hall–Kier alpha value is -2.27. The number of hydrogen-bond donors (Lipinski definition) is 1. The molecule has 0 saturated carbocycles. The summed E-state index contributed by atoms with van der Waals surface area (Å²) in [7, 11) is 0. The van der Waals surface area contributed by atoms with E-state index in [9.17, 15) is 0 Å². The van der Waals surface area contributed by atoms with Crippen molar-refractivity contribution in [3.63, 3.8) is 0 Å². The van der Waals surface area contributed by atoms with Crippen molar-refractivity contribution in [2.24, 2.45) is 5.73 Å². The smallest absolute Gasteiger partial charge is 0.123 e. The molecule has 5 heteroatoms. The number of aromatic nitrogens is 3. The van der Waals surface area contributed by atoms with E-state index in [1.54, 1.807) is 6.20 Å². The number of imidazole rings is 1. The summed E-state index contributed by atoms with van der Waals surface area (Å²) in [5.74, 6) is 0.962. The van der Waals surface area contributed by atoms with Gasteiger partial charge < -0.3 is 10.3 Å². The molecule has 0 aliphatic rings. The number of pyridine rings is 1. The van der Waals surface area contributed by atoms with Gasteiger partial charge in [0.25, 0.3) is 0 Å². The number of para-hydroxylation sites is 2. The fraction of sp³-hybridized carbons (Fsp3) is 0.133. The van der Waals surface area contributed by atoms with Crippen LogP contribution in [0.3, 0.4) is 0 Å². The Morgan fingerprint density at radius 2 is 2.05 bits per heavy atom. The summed E-state index contributed by atoms with van der Waals surface area (Å²) < 4.78 is 2.15. The lowest BCUT2D eigenvalue weighted by atomic mass is 10.2. The third-order valence-corrected chi connectivity index (χ3v) is 3.49. The molecule has 0 aliphatic heterocycles. The zero-order valence-electron chi connectivity index (χ0n) is 11.1. The summed E-state index contributed by atoms with van der Waals surface area (Å²) in [6.45, 7) is 2.66. The second-order valence-corrected chi connectivity index (χ2v) is 5.05. The zero-order valence-corrected chi connectivity index (χ0v) is 11.9. The van der Waals surface area contributed by atoms with Gasteiger partial charge in [-0.2, -0.15) is 0 Å². The Bertz CT molecular complexity index is 791. The molecule has 0 fully saturated rings. The van der Waals surface area contributed by atoms with Crippen LogP contribution in [0.1, 0.15) is 17.1 Å². The van der Waals surface area contributed by atoms with Gasteiger partial charge in [0.2, 0.25) is 0 Å². The number of hydrogen-bond acceptors (Lipinski definition) is 3. The summed E-state index contributed by atoms with van der Waals surface area (Å²) in [6.07, 6.45) is 1.71. The first-order chi connectivity index (χ1) is 9.66. The van der Waals surface area contributed by atoms with Crippen LogP contribution in [0.5, 0.6) is 0 Å². The van der Waals surface area contributed by atoms with Gasteiger partial charge in [-0.1, -0.05) is 30.4 Å². The van der Waals surface area contributed by atoms with Gasteiger partial charge in [-0.25, -0.2) is 4.98 Å². The van der Waals surface area contributed by atoms with Crippen LogP contribution in [0.15, 0.2) is 42.6 Å². The molecule has 0 atom stereocenters. The number of fused-ring (bicyclic) bond motifs is 1. The third-order valence-electron chi connectivity index (χ3n) is 3.30. The lowest BCUT2D eigenvalue weighted by Crippen LogP contribution is -2.16. The summed E-state index contributed by atoms with van der Waals surface area (Å²) in [4.78, 5) is 9.15. The Balaban J connectivity index is 2.10. The fourth-order valence-corrected chi connectivity index (χ4v) is 2.54. The number of benzene rings is 1. The summed E-state index contributed by atoms with van der Waals surface area (Å²) in [5, 5.41) is 0. The number of nitrogens with two attached hydrogens (primary N) is 1. The Morgan fingerprint density at radius 1 is 1.25 bits per heavy atom. The monoisotopic (exact) mass is 282 g/mol.